The highest BCUT2D eigenvalue weighted by molar-refractivity contribution is 7.90. The summed E-state index contributed by atoms with van der Waals surface area (Å²) in [6, 6.07) is 7.26. The van der Waals surface area contributed by atoms with Crippen LogP contribution in [0.15, 0.2) is 35.2 Å². The normalized spacial score (nSPS) is 31.3. The molecule has 2 amide bonds. The van der Waals surface area contributed by atoms with E-state index in [0.29, 0.717) is 42.9 Å². The van der Waals surface area contributed by atoms with Gasteiger partial charge in [-0.05, 0) is 67.7 Å². The zero-order chi connectivity index (χ0) is 24.6. The fourth-order valence-corrected chi connectivity index (χ4v) is 6.69. The molecule has 35 heavy (non-hydrogen) atoms. The summed E-state index contributed by atoms with van der Waals surface area (Å²) < 4.78 is 23.2. The van der Waals surface area contributed by atoms with E-state index in [0.717, 1.165) is 50.8 Å². The second kappa shape index (κ2) is 10.0. The van der Waals surface area contributed by atoms with Crippen molar-refractivity contribution < 1.29 is 18.0 Å². The molecule has 0 radical (unpaired) electrons. The lowest BCUT2D eigenvalue weighted by Gasteiger charge is -2.32. The molecule has 5 rings (SSSR count). The highest BCUT2D eigenvalue weighted by Gasteiger charge is 2.42. The Balaban J connectivity index is 1.12. The lowest BCUT2D eigenvalue weighted by Crippen LogP contribution is -2.45. The highest BCUT2D eigenvalue weighted by Crippen LogP contribution is 2.35. The van der Waals surface area contributed by atoms with E-state index in [2.05, 4.69) is 21.3 Å². The average molecular weight is 502 g/mol. The van der Waals surface area contributed by atoms with Crippen LogP contribution >= 0.6 is 0 Å². The number of likely N-dealkylation sites (tertiary alicyclic amines) is 2. The SMILES string of the molecule is CS(=O)(=O)c1ccc(/C=C/C(=O)N2CC[C@@H]3CN(C(=O)C4CCC5NNNC5C4)C[C@@H]3CC2)cc1. The fourth-order valence-electron chi connectivity index (χ4n) is 6.06. The Hall–Kier alpha value is -2.27. The molecule has 190 valence electrons. The smallest absolute Gasteiger partial charge is 0.246 e. The molecule has 1 aliphatic carbocycles. The van der Waals surface area contributed by atoms with Crippen molar-refractivity contribution in [1.29, 1.82) is 0 Å². The largest absolute Gasteiger partial charge is 0.342 e. The third kappa shape index (κ3) is 5.45. The Bertz CT molecular complexity index is 1070. The summed E-state index contributed by atoms with van der Waals surface area (Å²) in [5.41, 5.74) is 10.3. The summed E-state index contributed by atoms with van der Waals surface area (Å²) in [6.45, 7) is 3.02. The summed E-state index contributed by atoms with van der Waals surface area (Å²) in [6.07, 6.45) is 9.15. The highest BCUT2D eigenvalue weighted by atomic mass is 32.2. The standard InChI is InChI=1S/C25H35N5O4S/c1-35(33,34)21-6-2-17(3-7-21)4-9-24(31)29-12-10-19-15-30(16-20(19)11-13-29)25(32)18-5-8-22-23(14-18)27-28-26-22/h2-4,6-7,9,18-20,22-23,26-28H,5,8,10-16H2,1H3/b9-4+/t18?,19-,20+,22?,23?. The Morgan fingerprint density at radius 2 is 1.57 bits per heavy atom. The first-order valence-corrected chi connectivity index (χ1v) is 14.5. The van der Waals surface area contributed by atoms with Gasteiger partial charge < -0.3 is 9.80 Å². The molecule has 10 heteroatoms. The van der Waals surface area contributed by atoms with Gasteiger partial charge in [0.2, 0.25) is 11.8 Å². The Morgan fingerprint density at radius 1 is 0.914 bits per heavy atom. The lowest BCUT2D eigenvalue weighted by atomic mass is 9.82. The molecule has 0 spiro atoms. The minimum atomic E-state index is -3.23. The lowest BCUT2D eigenvalue weighted by molar-refractivity contribution is -0.136. The third-order valence-corrected chi connectivity index (χ3v) is 9.31. The van der Waals surface area contributed by atoms with Crippen LogP contribution in [0.5, 0.6) is 0 Å². The molecule has 3 unspecified atom stereocenters. The van der Waals surface area contributed by atoms with Crippen LogP contribution in [0.25, 0.3) is 6.08 Å². The number of hydrogen-bond acceptors (Lipinski definition) is 7. The van der Waals surface area contributed by atoms with E-state index in [1.54, 1.807) is 36.4 Å². The zero-order valence-corrected chi connectivity index (χ0v) is 21.0. The van der Waals surface area contributed by atoms with E-state index in [1.807, 2.05) is 4.90 Å². The number of fused-ring (bicyclic) bond motifs is 2. The Morgan fingerprint density at radius 3 is 2.23 bits per heavy atom. The van der Waals surface area contributed by atoms with Crippen LogP contribution in [0.2, 0.25) is 0 Å². The van der Waals surface area contributed by atoms with Crippen molar-refractivity contribution in [2.45, 2.75) is 49.1 Å². The molecule has 9 nitrogen and oxygen atoms in total. The van der Waals surface area contributed by atoms with Crippen LogP contribution in [0.4, 0.5) is 0 Å². The average Bonchev–Trinajstić information content (AvgIpc) is 3.43. The van der Waals surface area contributed by atoms with Gasteiger partial charge in [-0.1, -0.05) is 12.1 Å². The molecule has 1 saturated carbocycles. The second-order valence-electron chi connectivity index (χ2n) is 10.5. The van der Waals surface area contributed by atoms with Crippen LogP contribution < -0.4 is 16.4 Å². The van der Waals surface area contributed by atoms with Crippen LogP contribution in [0, 0.1) is 17.8 Å². The minimum absolute atomic E-state index is 0.0202. The predicted molar refractivity (Wildman–Crippen MR) is 132 cm³/mol. The minimum Gasteiger partial charge on any atom is -0.342 e. The number of nitrogens with zero attached hydrogens (tertiary/aromatic N) is 2. The van der Waals surface area contributed by atoms with Crippen molar-refractivity contribution in [3.05, 3.63) is 35.9 Å². The van der Waals surface area contributed by atoms with Crippen molar-refractivity contribution in [3.63, 3.8) is 0 Å². The van der Waals surface area contributed by atoms with Crippen molar-refractivity contribution in [2.24, 2.45) is 17.8 Å². The summed E-state index contributed by atoms with van der Waals surface area (Å²) in [5.74, 6) is 1.29. The monoisotopic (exact) mass is 501 g/mol. The van der Waals surface area contributed by atoms with E-state index in [1.165, 1.54) is 6.26 Å². The molecule has 5 atom stereocenters. The van der Waals surface area contributed by atoms with Crippen LogP contribution in [-0.4, -0.2) is 74.6 Å². The van der Waals surface area contributed by atoms with Crippen LogP contribution in [-0.2, 0) is 19.4 Å². The number of hydrazine groups is 2. The molecule has 3 heterocycles. The van der Waals surface area contributed by atoms with Gasteiger partial charge in [-0.25, -0.2) is 19.3 Å². The van der Waals surface area contributed by atoms with Gasteiger partial charge in [-0.2, -0.15) is 5.53 Å². The van der Waals surface area contributed by atoms with Gasteiger partial charge >= 0.3 is 0 Å². The number of sulfone groups is 1. The predicted octanol–water partition coefficient (Wildman–Crippen LogP) is 0.950. The van der Waals surface area contributed by atoms with Gasteiger partial charge in [0.05, 0.1) is 4.90 Å². The van der Waals surface area contributed by atoms with E-state index < -0.39 is 9.84 Å². The van der Waals surface area contributed by atoms with Crippen molar-refractivity contribution >= 4 is 27.7 Å². The summed E-state index contributed by atoms with van der Waals surface area (Å²) >= 11 is 0. The number of hydrogen-bond donors (Lipinski definition) is 3. The first kappa shape index (κ1) is 24.4. The summed E-state index contributed by atoms with van der Waals surface area (Å²) in [7, 11) is -3.23. The van der Waals surface area contributed by atoms with Gasteiger partial charge in [0, 0.05) is 56.5 Å². The van der Waals surface area contributed by atoms with Crippen LogP contribution in [0.1, 0.15) is 37.7 Å². The number of rotatable bonds is 4. The second-order valence-corrected chi connectivity index (χ2v) is 12.5. The molecular formula is C25H35N5O4S. The summed E-state index contributed by atoms with van der Waals surface area (Å²) in [4.78, 5) is 30.3. The van der Waals surface area contributed by atoms with Crippen molar-refractivity contribution in [2.75, 3.05) is 32.4 Å². The van der Waals surface area contributed by atoms with Crippen molar-refractivity contribution in [1.82, 2.24) is 26.2 Å². The van der Waals surface area contributed by atoms with E-state index in [9.17, 15) is 18.0 Å². The third-order valence-electron chi connectivity index (χ3n) is 8.18. The molecule has 0 bridgehead atoms. The maximum Gasteiger partial charge on any atom is 0.246 e. The van der Waals surface area contributed by atoms with E-state index in [-0.39, 0.29) is 16.7 Å². The number of benzene rings is 1. The van der Waals surface area contributed by atoms with Crippen LogP contribution in [0.3, 0.4) is 0 Å². The molecule has 3 aliphatic heterocycles. The first-order chi connectivity index (χ1) is 16.8. The number of nitrogens with one attached hydrogen (secondary N) is 3. The van der Waals surface area contributed by atoms with Gasteiger partial charge in [0.15, 0.2) is 9.84 Å². The molecule has 4 fully saturated rings. The van der Waals surface area contributed by atoms with Gasteiger partial charge in [0.1, 0.15) is 0 Å². The molecule has 0 aromatic heterocycles. The van der Waals surface area contributed by atoms with E-state index in [4.69, 9.17) is 0 Å². The van der Waals surface area contributed by atoms with Gasteiger partial charge in [-0.15, -0.1) is 0 Å². The zero-order valence-electron chi connectivity index (χ0n) is 20.2. The molecule has 1 aromatic carbocycles. The fraction of sp³-hybridized carbons (Fsp3) is 0.600. The molecule has 3 N–H and O–H groups in total. The van der Waals surface area contributed by atoms with E-state index >= 15 is 0 Å². The van der Waals surface area contributed by atoms with Gasteiger partial charge in [0.25, 0.3) is 0 Å². The molecular weight excluding hydrogens is 466 g/mol. The Labute approximate surface area is 207 Å². The molecule has 1 aromatic rings. The molecule has 3 saturated heterocycles. The van der Waals surface area contributed by atoms with Gasteiger partial charge in [-0.3, -0.25) is 9.59 Å². The number of carbonyl (C=O) groups excluding carboxylic acids is 2. The maximum atomic E-state index is 13.2. The number of amides is 2. The Kier molecular flexibility index (Phi) is 6.98. The molecule has 4 aliphatic rings. The van der Waals surface area contributed by atoms with Crippen molar-refractivity contribution in [3.8, 4) is 0 Å². The maximum absolute atomic E-state index is 13.2. The first-order valence-electron chi connectivity index (χ1n) is 12.6. The summed E-state index contributed by atoms with van der Waals surface area (Å²) in [5, 5.41) is 0. The topological polar surface area (TPSA) is 111 Å². The number of carbonyl (C=O) groups is 2. The quantitative estimate of drug-likeness (QED) is 0.527.